The second kappa shape index (κ2) is 6.05. The van der Waals surface area contributed by atoms with Crippen molar-refractivity contribution < 1.29 is 17.9 Å². The van der Waals surface area contributed by atoms with Crippen molar-refractivity contribution in [3.8, 4) is 0 Å². The summed E-state index contributed by atoms with van der Waals surface area (Å²) >= 11 is 7.01. The lowest BCUT2D eigenvalue weighted by atomic mass is 10.2. The van der Waals surface area contributed by atoms with Crippen molar-refractivity contribution in [2.75, 3.05) is 11.8 Å². The Morgan fingerprint density at radius 1 is 1.33 bits per heavy atom. The highest BCUT2D eigenvalue weighted by atomic mass is 35.5. The molecule has 0 aliphatic rings. The molecule has 112 valence electrons. The van der Waals surface area contributed by atoms with Gasteiger partial charge < -0.3 is 4.74 Å². The fourth-order valence-corrected chi connectivity index (χ4v) is 4.41. The van der Waals surface area contributed by atoms with Crippen LogP contribution in [0, 0.1) is 6.92 Å². The molecule has 0 aliphatic carbocycles. The van der Waals surface area contributed by atoms with E-state index in [0.29, 0.717) is 0 Å². The number of methoxy groups -OCH3 is 1. The minimum absolute atomic E-state index is 0.0215. The van der Waals surface area contributed by atoms with Crippen LogP contribution in [0.4, 0.5) is 5.69 Å². The van der Waals surface area contributed by atoms with Gasteiger partial charge in [-0.05, 0) is 36.1 Å². The van der Waals surface area contributed by atoms with E-state index in [9.17, 15) is 13.2 Å². The van der Waals surface area contributed by atoms with E-state index < -0.39 is 16.0 Å². The summed E-state index contributed by atoms with van der Waals surface area (Å²) in [6.07, 6.45) is 0. The molecule has 1 N–H and O–H groups in total. The van der Waals surface area contributed by atoms with Crippen molar-refractivity contribution in [3.05, 3.63) is 45.1 Å². The Labute approximate surface area is 131 Å². The van der Waals surface area contributed by atoms with Crippen LogP contribution in [-0.2, 0) is 14.8 Å². The van der Waals surface area contributed by atoms with Crippen LogP contribution in [0.3, 0.4) is 0 Å². The number of hydrogen-bond donors (Lipinski definition) is 1. The van der Waals surface area contributed by atoms with Gasteiger partial charge >= 0.3 is 5.97 Å². The monoisotopic (exact) mass is 345 g/mol. The van der Waals surface area contributed by atoms with Crippen molar-refractivity contribution in [1.82, 2.24) is 0 Å². The summed E-state index contributed by atoms with van der Waals surface area (Å²) in [6, 6.07) is 6.30. The predicted molar refractivity (Wildman–Crippen MR) is 82.7 cm³/mol. The number of thiophene rings is 1. The fourth-order valence-electron chi connectivity index (χ4n) is 1.65. The molecule has 0 radical (unpaired) electrons. The normalized spacial score (nSPS) is 11.2. The number of rotatable bonds is 4. The van der Waals surface area contributed by atoms with Crippen molar-refractivity contribution in [2.45, 2.75) is 11.8 Å². The molecule has 0 aliphatic heterocycles. The Bertz CT molecular complexity index is 783. The van der Waals surface area contributed by atoms with Crippen molar-refractivity contribution in [2.24, 2.45) is 0 Å². The first-order valence-electron chi connectivity index (χ1n) is 5.80. The van der Waals surface area contributed by atoms with Crippen molar-refractivity contribution in [3.63, 3.8) is 0 Å². The maximum absolute atomic E-state index is 12.4. The number of carbonyl (C=O) groups is 1. The molecule has 5 nitrogen and oxygen atoms in total. The molecular formula is C13H12ClNO4S2. The first-order valence-corrected chi connectivity index (χ1v) is 8.54. The van der Waals surface area contributed by atoms with Gasteiger partial charge in [-0.2, -0.15) is 0 Å². The number of sulfonamides is 1. The van der Waals surface area contributed by atoms with Crippen LogP contribution in [0.1, 0.15) is 15.2 Å². The standard InChI is InChI=1S/C13H12ClNO4S2/c1-8-3-4-10(9(14)7-8)15-21(17,18)11-5-6-20-12(11)13(16)19-2/h3-7,15H,1-2H3. The van der Waals surface area contributed by atoms with Crippen LogP contribution in [0.15, 0.2) is 34.5 Å². The largest absolute Gasteiger partial charge is 0.465 e. The molecule has 0 saturated heterocycles. The zero-order chi connectivity index (χ0) is 15.6. The Morgan fingerprint density at radius 3 is 2.67 bits per heavy atom. The topological polar surface area (TPSA) is 72.5 Å². The van der Waals surface area contributed by atoms with E-state index in [-0.39, 0.29) is 20.5 Å². The Kier molecular flexibility index (Phi) is 4.55. The van der Waals surface area contributed by atoms with Crippen LogP contribution >= 0.6 is 22.9 Å². The van der Waals surface area contributed by atoms with E-state index in [1.165, 1.54) is 18.6 Å². The van der Waals surface area contributed by atoms with E-state index >= 15 is 0 Å². The molecule has 0 fully saturated rings. The molecule has 0 atom stereocenters. The highest BCUT2D eigenvalue weighted by Gasteiger charge is 2.25. The van der Waals surface area contributed by atoms with Crippen LogP contribution in [0.5, 0.6) is 0 Å². The van der Waals surface area contributed by atoms with Crippen LogP contribution < -0.4 is 4.72 Å². The lowest BCUT2D eigenvalue weighted by molar-refractivity contribution is 0.0602. The molecule has 0 bridgehead atoms. The van der Waals surface area contributed by atoms with Gasteiger partial charge in [0.2, 0.25) is 0 Å². The summed E-state index contributed by atoms with van der Waals surface area (Å²) in [5, 5.41) is 1.80. The highest BCUT2D eigenvalue weighted by molar-refractivity contribution is 7.93. The minimum Gasteiger partial charge on any atom is -0.465 e. The molecule has 1 aromatic carbocycles. The third-order valence-electron chi connectivity index (χ3n) is 2.66. The van der Waals surface area contributed by atoms with Gasteiger partial charge in [0, 0.05) is 0 Å². The smallest absolute Gasteiger partial charge is 0.349 e. The zero-order valence-electron chi connectivity index (χ0n) is 11.2. The molecule has 0 spiro atoms. The average molecular weight is 346 g/mol. The van der Waals surface area contributed by atoms with Gasteiger partial charge in [-0.3, -0.25) is 4.72 Å². The second-order valence-electron chi connectivity index (χ2n) is 4.19. The summed E-state index contributed by atoms with van der Waals surface area (Å²) in [7, 11) is -2.72. The summed E-state index contributed by atoms with van der Waals surface area (Å²) < 4.78 is 31.7. The Balaban J connectivity index is 2.39. The van der Waals surface area contributed by atoms with E-state index in [0.717, 1.165) is 16.9 Å². The second-order valence-corrected chi connectivity index (χ2v) is 7.17. The summed E-state index contributed by atoms with van der Waals surface area (Å²) in [5.41, 5.74) is 1.16. The number of anilines is 1. The first kappa shape index (κ1) is 15.8. The lowest BCUT2D eigenvalue weighted by Crippen LogP contribution is -2.16. The number of hydrogen-bond acceptors (Lipinski definition) is 5. The average Bonchev–Trinajstić information content (AvgIpc) is 2.91. The minimum atomic E-state index is -3.92. The highest BCUT2D eigenvalue weighted by Crippen LogP contribution is 2.28. The first-order chi connectivity index (χ1) is 9.85. The number of halogens is 1. The van der Waals surface area contributed by atoms with Gasteiger partial charge in [-0.25, -0.2) is 13.2 Å². The number of nitrogens with one attached hydrogen (secondary N) is 1. The molecule has 8 heteroatoms. The third kappa shape index (κ3) is 3.37. The Morgan fingerprint density at radius 2 is 2.05 bits per heavy atom. The van der Waals surface area contributed by atoms with Gasteiger partial charge in [0.15, 0.2) is 0 Å². The summed E-state index contributed by atoms with van der Waals surface area (Å²) in [5.74, 6) is -0.694. The van der Waals surface area contributed by atoms with E-state index in [4.69, 9.17) is 11.6 Å². The van der Waals surface area contributed by atoms with E-state index in [1.807, 2.05) is 6.92 Å². The number of aryl methyl sites for hydroxylation is 1. The number of ether oxygens (including phenoxy) is 1. The Hall–Kier alpha value is -1.57. The van der Waals surface area contributed by atoms with Gasteiger partial charge in [-0.1, -0.05) is 17.7 Å². The third-order valence-corrected chi connectivity index (χ3v) is 5.40. The molecule has 1 aromatic heterocycles. The van der Waals surface area contributed by atoms with Crippen molar-refractivity contribution in [1.29, 1.82) is 0 Å². The number of esters is 1. The zero-order valence-corrected chi connectivity index (χ0v) is 13.6. The summed E-state index contributed by atoms with van der Waals surface area (Å²) in [6.45, 7) is 1.85. The van der Waals surface area contributed by atoms with Gasteiger partial charge in [0.25, 0.3) is 10.0 Å². The lowest BCUT2D eigenvalue weighted by Gasteiger charge is -2.10. The fraction of sp³-hybridized carbons (Fsp3) is 0.154. The number of benzene rings is 1. The molecule has 0 unspecified atom stereocenters. The molecule has 2 aromatic rings. The van der Waals surface area contributed by atoms with Gasteiger partial charge in [-0.15, -0.1) is 11.3 Å². The van der Waals surface area contributed by atoms with Crippen LogP contribution in [-0.4, -0.2) is 21.5 Å². The molecule has 2 rings (SSSR count). The number of carbonyl (C=O) groups excluding carboxylic acids is 1. The molecule has 21 heavy (non-hydrogen) atoms. The van der Waals surface area contributed by atoms with E-state index in [1.54, 1.807) is 18.2 Å². The SMILES string of the molecule is COC(=O)c1sccc1S(=O)(=O)Nc1ccc(C)cc1Cl. The van der Waals surface area contributed by atoms with Crippen LogP contribution in [0.25, 0.3) is 0 Å². The molecule has 0 saturated carbocycles. The maximum atomic E-state index is 12.4. The van der Waals surface area contributed by atoms with Gasteiger partial charge in [0.1, 0.15) is 9.77 Å². The van der Waals surface area contributed by atoms with Gasteiger partial charge in [0.05, 0.1) is 17.8 Å². The summed E-state index contributed by atoms with van der Waals surface area (Å²) in [4.78, 5) is 11.5. The van der Waals surface area contributed by atoms with Crippen LogP contribution in [0.2, 0.25) is 5.02 Å². The van der Waals surface area contributed by atoms with E-state index in [2.05, 4.69) is 9.46 Å². The maximum Gasteiger partial charge on any atom is 0.349 e. The quantitative estimate of drug-likeness (QED) is 0.863. The molecule has 0 amide bonds. The predicted octanol–water partition coefficient (Wildman–Crippen LogP) is 3.30. The molecular weight excluding hydrogens is 334 g/mol. The molecule has 1 heterocycles. The van der Waals surface area contributed by atoms with Crippen molar-refractivity contribution >= 4 is 44.6 Å².